The van der Waals surface area contributed by atoms with E-state index in [9.17, 15) is 5.11 Å². The molecule has 3 heteroatoms. The summed E-state index contributed by atoms with van der Waals surface area (Å²) in [6.07, 6.45) is 0.462. The van der Waals surface area contributed by atoms with Crippen molar-refractivity contribution in [2.75, 3.05) is 6.61 Å². The van der Waals surface area contributed by atoms with Crippen LogP contribution in [0.2, 0.25) is 0 Å². The molecule has 0 aromatic carbocycles. The van der Waals surface area contributed by atoms with Crippen LogP contribution in [0, 0.1) is 5.92 Å². The molecule has 0 saturated carbocycles. The largest absolute Gasteiger partial charge is 0.390 e. The van der Waals surface area contributed by atoms with Crippen LogP contribution in [0.25, 0.3) is 0 Å². The summed E-state index contributed by atoms with van der Waals surface area (Å²) in [6.45, 7) is 2.62. The first kappa shape index (κ1) is 6.58. The maximum Gasteiger partial charge on any atom is 0.163 e. The number of ether oxygens (including phenoxy) is 2. The normalized spacial score (nSPS) is 53.4. The Balaban J connectivity index is 2.09. The van der Waals surface area contributed by atoms with Crippen molar-refractivity contribution in [2.24, 2.45) is 5.92 Å². The van der Waals surface area contributed by atoms with E-state index < -0.39 is 0 Å². The molecule has 58 valence electrons. The van der Waals surface area contributed by atoms with E-state index in [0.717, 1.165) is 13.0 Å². The quantitative estimate of drug-likeness (QED) is 0.525. The van der Waals surface area contributed by atoms with Crippen LogP contribution in [0.4, 0.5) is 0 Å². The summed E-state index contributed by atoms with van der Waals surface area (Å²) in [5, 5.41) is 9.46. The Bertz CT molecular complexity index is 135. The molecule has 0 aromatic rings. The Labute approximate surface area is 59.9 Å². The molecule has 0 aromatic heterocycles. The molecule has 2 aliphatic rings. The van der Waals surface area contributed by atoms with Crippen LogP contribution in [0.1, 0.15) is 13.3 Å². The Morgan fingerprint density at radius 1 is 1.50 bits per heavy atom. The Kier molecular flexibility index (Phi) is 1.44. The van der Waals surface area contributed by atoms with Crippen molar-refractivity contribution in [1.29, 1.82) is 0 Å². The predicted octanol–water partition coefficient (Wildman–Crippen LogP) is 0.129. The summed E-state index contributed by atoms with van der Waals surface area (Å²) in [5.41, 5.74) is 0. The smallest absolute Gasteiger partial charge is 0.163 e. The van der Waals surface area contributed by atoms with E-state index in [-0.39, 0.29) is 24.4 Å². The van der Waals surface area contributed by atoms with Crippen molar-refractivity contribution in [3.63, 3.8) is 0 Å². The second-order valence-electron chi connectivity index (χ2n) is 3.02. The van der Waals surface area contributed by atoms with Crippen molar-refractivity contribution in [1.82, 2.24) is 0 Å². The lowest BCUT2D eigenvalue weighted by Gasteiger charge is -2.09. The second-order valence-corrected chi connectivity index (χ2v) is 3.02. The standard InChI is InChI=1S/C7H12O3/c1-4-6(8)5-2-3-9-7(5)10-4/h4-8H,2-3H2,1H3/t4-,5+,6-,7-/m1/s1. The molecule has 0 amide bonds. The average Bonchev–Trinajstić information content (AvgIpc) is 2.41. The monoisotopic (exact) mass is 144 g/mol. The Morgan fingerprint density at radius 3 is 3.00 bits per heavy atom. The van der Waals surface area contributed by atoms with Crippen LogP contribution >= 0.6 is 0 Å². The van der Waals surface area contributed by atoms with Crippen LogP contribution in [0.5, 0.6) is 0 Å². The average molecular weight is 144 g/mol. The zero-order valence-electron chi connectivity index (χ0n) is 5.99. The van der Waals surface area contributed by atoms with Crippen LogP contribution in [-0.4, -0.2) is 30.2 Å². The third-order valence-electron chi connectivity index (χ3n) is 2.35. The first-order valence-electron chi connectivity index (χ1n) is 3.74. The maximum absolute atomic E-state index is 9.46. The number of aliphatic hydroxyl groups is 1. The van der Waals surface area contributed by atoms with Crippen LogP contribution in [-0.2, 0) is 9.47 Å². The molecule has 2 rings (SSSR count). The van der Waals surface area contributed by atoms with Crippen LogP contribution < -0.4 is 0 Å². The Hall–Kier alpha value is -0.120. The van der Waals surface area contributed by atoms with Gasteiger partial charge in [-0.3, -0.25) is 0 Å². The molecule has 2 aliphatic heterocycles. The van der Waals surface area contributed by atoms with E-state index in [1.54, 1.807) is 0 Å². The van der Waals surface area contributed by atoms with Gasteiger partial charge in [0.05, 0.1) is 18.8 Å². The lowest BCUT2D eigenvalue weighted by Crippen LogP contribution is -2.23. The Morgan fingerprint density at radius 2 is 2.30 bits per heavy atom. The topological polar surface area (TPSA) is 38.7 Å². The van der Waals surface area contributed by atoms with Crippen molar-refractivity contribution in [2.45, 2.75) is 31.8 Å². The van der Waals surface area contributed by atoms with Crippen molar-refractivity contribution < 1.29 is 14.6 Å². The maximum atomic E-state index is 9.46. The molecule has 0 unspecified atom stereocenters. The minimum atomic E-state index is -0.313. The van der Waals surface area contributed by atoms with E-state index in [1.807, 2.05) is 6.92 Å². The van der Waals surface area contributed by atoms with Gasteiger partial charge in [0.25, 0.3) is 0 Å². The van der Waals surface area contributed by atoms with Gasteiger partial charge < -0.3 is 14.6 Å². The number of rotatable bonds is 0. The van der Waals surface area contributed by atoms with E-state index in [0.29, 0.717) is 0 Å². The predicted molar refractivity (Wildman–Crippen MR) is 34.4 cm³/mol. The number of aliphatic hydroxyl groups excluding tert-OH is 1. The van der Waals surface area contributed by atoms with Gasteiger partial charge in [0, 0.05) is 5.92 Å². The van der Waals surface area contributed by atoms with Crippen molar-refractivity contribution >= 4 is 0 Å². The molecule has 10 heavy (non-hydrogen) atoms. The van der Waals surface area contributed by atoms with Crippen LogP contribution in [0.15, 0.2) is 0 Å². The summed E-state index contributed by atoms with van der Waals surface area (Å²) in [5.74, 6) is 0.231. The number of fused-ring (bicyclic) bond motifs is 1. The number of hydrogen-bond acceptors (Lipinski definition) is 3. The zero-order valence-corrected chi connectivity index (χ0v) is 5.99. The third kappa shape index (κ3) is 0.779. The molecule has 2 heterocycles. The van der Waals surface area contributed by atoms with Crippen molar-refractivity contribution in [3.8, 4) is 0 Å². The van der Waals surface area contributed by atoms with Gasteiger partial charge in [-0.05, 0) is 13.3 Å². The molecular formula is C7H12O3. The molecular weight excluding hydrogens is 132 g/mol. The first-order chi connectivity index (χ1) is 4.79. The van der Waals surface area contributed by atoms with E-state index >= 15 is 0 Å². The van der Waals surface area contributed by atoms with Crippen molar-refractivity contribution in [3.05, 3.63) is 0 Å². The summed E-state index contributed by atoms with van der Waals surface area (Å²) < 4.78 is 10.6. The minimum absolute atomic E-state index is 0.0460. The second kappa shape index (κ2) is 2.19. The molecule has 0 radical (unpaired) electrons. The van der Waals surface area contributed by atoms with Gasteiger partial charge in [0.2, 0.25) is 0 Å². The van der Waals surface area contributed by atoms with Gasteiger partial charge in [-0.25, -0.2) is 0 Å². The van der Waals surface area contributed by atoms with E-state index in [1.165, 1.54) is 0 Å². The van der Waals surface area contributed by atoms with Gasteiger partial charge in [-0.2, -0.15) is 0 Å². The molecule has 0 spiro atoms. The molecule has 0 aliphatic carbocycles. The fraction of sp³-hybridized carbons (Fsp3) is 1.00. The third-order valence-corrected chi connectivity index (χ3v) is 2.35. The first-order valence-corrected chi connectivity index (χ1v) is 3.74. The lowest BCUT2D eigenvalue weighted by molar-refractivity contribution is -0.114. The van der Waals surface area contributed by atoms with E-state index in [4.69, 9.17) is 9.47 Å². The fourth-order valence-electron chi connectivity index (χ4n) is 1.69. The SMILES string of the molecule is C[C@H]1O[C@H]2OCC[C@H]2[C@@H]1O. The minimum Gasteiger partial charge on any atom is -0.390 e. The lowest BCUT2D eigenvalue weighted by atomic mass is 10.0. The summed E-state index contributed by atoms with van der Waals surface area (Å²) >= 11 is 0. The molecule has 0 bridgehead atoms. The van der Waals surface area contributed by atoms with Crippen LogP contribution in [0.3, 0.4) is 0 Å². The molecule has 2 saturated heterocycles. The highest BCUT2D eigenvalue weighted by Gasteiger charge is 2.44. The zero-order chi connectivity index (χ0) is 7.14. The molecule has 2 fully saturated rings. The number of hydrogen-bond donors (Lipinski definition) is 1. The van der Waals surface area contributed by atoms with Gasteiger partial charge in [0.1, 0.15) is 0 Å². The molecule has 3 nitrogen and oxygen atoms in total. The highest BCUT2D eigenvalue weighted by molar-refractivity contribution is 4.87. The molecule has 1 N–H and O–H groups in total. The highest BCUT2D eigenvalue weighted by atomic mass is 16.7. The van der Waals surface area contributed by atoms with Gasteiger partial charge >= 0.3 is 0 Å². The van der Waals surface area contributed by atoms with Gasteiger partial charge in [0.15, 0.2) is 6.29 Å². The fourth-order valence-corrected chi connectivity index (χ4v) is 1.69. The summed E-state index contributed by atoms with van der Waals surface area (Å²) in [4.78, 5) is 0. The van der Waals surface area contributed by atoms with E-state index in [2.05, 4.69) is 0 Å². The highest BCUT2D eigenvalue weighted by Crippen LogP contribution is 2.34. The van der Waals surface area contributed by atoms with Gasteiger partial charge in [-0.1, -0.05) is 0 Å². The molecule has 4 atom stereocenters. The van der Waals surface area contributed by atoms with Gasteiger partial charge in [-0.15, -0.1) is 0 Å². The summed E-state index contributed by atoms with van der Waals surface area (Å²) in [7, 11) is 0. The summed E-state index contributed by atoms with van der Waals surface area (Å²) in [6, 6.07) is 0.